The molecule has 0 fully saturated rings. The minimum absolute atomic E-state index is 0.166. The molecule has 0 aromatic carbocycles. The molecule has 7 heteroatoms. The van der Waals surface area contributed by atoms with Gasteiger partial charge in [0.05, 0.1) is 23.0 Å². The van der Waals surface area contributed by atoms with Gasteiger partial charge in [0.1, 0.15) is 10.8 Å². The maximum absolute atomic E-state index is 11.7. The van der Waals surface area contributed by atoms with Crippen molar-refractivity contribution in [2.45, 2.75) is 12.3 Å². The predicted octanol–water partition coefficient (Wildman–Crippen LogP) is 3.11. The number of hydrogen-bond donors (Lipinski definition) is 1. The molecule has 0 aliphatic carbocycles. The summed E-state index contributed by atoms with van der Waals surface area (Å²) in [6.45, 7) is 0. The Bertz CT molecular complexity index is 541. The highest BCUT2D eigenvalue weighted by Gasteiger charge is 2.08. The Kier molecular flexibility index (Phi) is 4.52. The topological polar surface area (TPSA) is 54.9 Å². The van der Waals surface area contributed by atoms with Crippen LogP contribution in [0, 0.1) is 0 Å². The number of anilines is 1. The Balaban J connectivity index is 1.94. The molecule has 94 valence electrons. The summed E-state index contributed by atoms with van der Waals surface area (Å²) in [6.07, 6.45) is 1.69. The largest absolute Gasteiger partial charge is 0.310 e. The van der Waals surface area contributed by atoms with Gasteiger partial charge in [0.2, 0.25) is 5.91 Å². The van der Waals surface area contributed by atoms with Gasteiger partial charge in [-0.25, -0.2) is 9.97 Å². The van der Waals surface area contributed by atoms with Crippen LogP contribution in [0.15, 0.2) is 23.7 Å². The summed E-state index contributed by atoms with van der Waals surface area (Å²) in [5.74, 6) is 0.662. The molecule has 0 saturated heterocycles. The molecule has 4 nitrogen and oxygen atoms in total. The van der Waals surface area contributed by atoms with E-state index in [1.165, 1.54) is 17.5 Å². The van der Waals surface area contributed by atoms with Gasteiger partial charge in [-0.2, -0.15) is 0 Å². The van der Waals surface area contributed by atoms with Gasteiger partial charge in [-0.05, 0) is 12.1 Å². The molecular formula is C11H9Cl2N3OS. The van der Waals surface area contributed by atoms with E-state index in [1.807, 2.05) is 5.38 Å². The average Bonchev–Trinajstić information content (AvgIpc) is 2.79. The van der Waals surface area contributed by atoms with Crippen molar-refractivity contribution in [3.63, 3.8) is 0 Å². The summed E-state index contributed by atoms with van der Waals surface area (Å²) >= 11 is 12.8. The number of nitrogens with zero attached hydrogens (tertiary/aromatic N) is 2. The van der Waals surface area contributed by atoms with E-state index in [9.17, 15) is 4.79 Å². The third kappa shape index (κ3) is 3.66. The van der Waals surface area contributed by atoms with Crippen molar-refractivity contribution >= 4 is 46.3 Å². The number of hydrogen-bond acceptors (Lipinski definition) is 4. The van der Waals surface area contributed by atoms with E-state index in [2.05, 4.69) is 15.3 Å². The van der Waals surface area contributed by atoms with Crippen LogP contribution in [0.4, 0.5) is 5.82 Å². The third-order valence-corrected chi connectivity index (χ3v) is 3.44. The van der Waals surface area contributed by atoms with E-state index in [0.717, 1.165) is 10.7 Å². The molecule has 1 amide bonds. The van der Waals surface area contributed by atoms with Crippen molar-refractivity contribution in [1.82, 2.24) is 9.97 Å². The van der Waals surface area contributed by atoms with Crippen LogP contribution in [0.25, 0.3) is 0 Å². The van der Waals surface area contributed by atoms with E-state index in [4.69, 9.17) is 23.2 Å². The first-order valence-corrected chi connectivity index (χ1v) is 6.87. The lowest BCUT2D eigenvalue weighted by Crippen LogP contribution is -2.15. The minimum Gasteiger partial charge on any atom is -0.310 e. The quantitative estimate of drug-likeness (QED) is 0.883. The van der Waals surface area contributed by atoms with E-state index >= 15 is 0 Å². The number of carbonyl (C=O) groups excluding carboxylic acids is 1. The van der Waals surface area contributed by atoms with Crippen molar-refractivity contribution in [1.29, 1.82) is 0 Å². The van der Waals surface area contributed by atoms with Crippen molar-refractivity contribution in [2.24, 2.45) is 0 Å². The Labute approximate surface area is 118 Å². The van der Waals surface area contributed by atoms with Gasteiger partial charge in [-0.15, -0.1) is 22.9 Å². The number of halogens is 2. The summed E-state index contributed by atoms with van der Waals surface area (Å²) < 4.78 is 0. The smallest absolute Gasteiger partial charge is 0.232 e. The molecule has 0 aliphatic heterocycles. The molecule has 2 aromatic rings. The normalized spacial score (nSPS) is 10.3. The molecule has 0 spiro atoms. The SMILES string of the molecule is O=C(Cc1nc(CCl)cs1)Nc1ccc(Cl)cn1. The second-order valence-corrected chi connectivity index (χ2v) is 5.10. The number of rotatable bonds is 4. The number of nitrogens with one attached hydrogen (secondary N) is 1. The van der Waals surface area contributed by atoms with Gasteiger partial charge in [0, 0.05) is 11.6 Å². The molecule has 2 heterocycles. The van der Waals surface area contributed by atoms with Crippen LogP contribution in [0.2, 0.25) is 5.02 Å². The second kappa shape index (κ2) is 6.13. The Hall–Kier alpha value is -1.17. The summed E-state index contributed by atoms with van der Waals surface area (Å²) in [5.41, 5.74) is 0.786. The lowest BCUT2D eigenvalue weighted by Gasteiger charge is -2.02. The molecule has 2 rings (SSSR count). The van der Waals surface area contributed by atoms with Crippen molar-refractivity contribution < 1.29 is 4.79 Å². The molecule has 0 bridgehead atoms. The van der Waals surface area contributed by atoms with Gasteiger partial charge in [0.25, 0.3) is 0 Å². The standard InChI is InChI=1S/C11H9Cl2N3OS/c12-4-8-6-18-11(15-8)3-10(17)16-9-2-1-7(13)5-14-9/h1-2,5-6H,3-4H2,(H,14,16,17). The number of amides is 1. The van der Waals surface area contributed by atoms with E-state index in [1.54, 1.807) is 12.1 Å². The van der Waals surface area contributed by atoms with E-state index in [0.29, 0.717) is 16.7 Å². The second-order valence-electron chi connectivity index (χ2n) is 3.45. The monoisotopic (exact) mass is 301 g/mol. The van der Waals surface area contributed by atoms with Crippen LogP contribution in [0.5, 0.6) is 0 Å². The van der Waals surface area contributed by atoms with Crippen LogP contribution in [-0.4, -0.2) is 15.9 Å². The predicted molar refractivity (Wildman–Crippen MR) is 73.3 cm³/mol. The molecule has 0 radical (unpaired) electrons. The first-order chi connectivity index (χ1) is 8.67. The van der Waals surface area contributed by atoms with Gasteiger partial charge in [-0.3, -0.25) is 4.79 Å². The van der Waals surface area contributed by atoms with Crippen LogP contribution in [0.1, 0.15) is 10.7 Å². The number of alkyl halides is 1. The Morgan fingerprint density at radius 3 is 2.89 bits per heavy atom. The zero-order valence-electron chi connectivity index (χ0n) is 9.19. The summed E-state index contributed by atoms with van der Waals surface area (Å²) in [7, 11) is 0. The van der Waals surface area contributed by atoms with Crippen LogP contribution < -0.4 is 5.32 Å². The highest BCUT2D eigenvalue weighted by molar-refractivity contribution is 7.09. The lowest BCUT2D eigenvalue weighted by atomic mass is 10.4. The Morgan fingerprint density at radius 1 is 1.44 bits per heavy atom. The van der Waals surface area contributed by atoms with Crippen molar-refractivity contribution in [3.8, 4) is 0 Å². The van der Waals surface area contributed by atoms with Crippen molar-refractivity contribution in [2.75, 3.05) is 5.32 Å². The van der Waals surface area contributed by atoms with Gasteiger partial charge in [0.15, 0.2) is 0 Å². The highest BCUT2D eigenvalue weighted by Crippen LogP contribution is 2.13. The van der Waals surface area contributed by atoms with Crippen LogP contribution in [0.3, 0.4) is 0 Å². The average molecular weight is 302 g/mol. The summed E-state index contributed by atoms with van der Waals surface area (Å²) in [6, 6.07) is 3.31. The number of carbonyl (C=O) groups is 1. The molecule has 2 aromatic heterocycles. The lowest BCUT2D eigenvalue weighted by molar-refractivity contribution is -0.115. The summed E-state index contributed by atoms with van der Waals surface area (Å²) in [4.78, 5) is 19.9. The molecule has 0 unspecified atom stereocenters. The molecule has 0 atom stereocenters. The molecule has 1 N–H and O–H groups in total. The van der Waals surface area contributed by atoms with E-state index in [-0.39, 0.29) is 12.3 Å². The van der Waals surface area contributed by atoms with Gasteiger partial charge in [-0.1, -0.05) is 11.6 Å². The maximum atomic E-state index is 11.7. The fraction of sp³-hybridized carbons (Fsp3) is 0.182. The molecular weight excluding hydrogens is 293 g/mol. The number of pyridine rings is 1. The number of aromatic nitrogens is 2. The summed E-state index contributed by atoms with van der Waals surface area (Å²) in [5, 5.41) is 5.77. The van der Waals surface area contributed by atoms with Crippen molar-refractivity contribution in [3.05, 3.63) is 39.4 Å². The van der Waals surface area contributed by atoms with Crippen LogP contribution in [-0.2, 0) is 17.1 Å². The third-order valence-electron chi connectivity index (χ3n) is 2.04. The molecule has 0 aliphatic rings. The Morgan fingerprint density at radius 2 is 2.28 bits per heavy atom. The van der Waals surface area contributed by atoms with Gasteiger partial charge < -0.3 is 5.32 Å². The molecule has 0 saturated carbocycles. The molecule has 18 heavy (non-hydrogen) atoms. The fourth-order valence-electron chi connectivity index (χ4n) is 1.27. The minimum atomic E-state index is -0.166. The fourth-order valence-corrected chi connectivity index (χ4v) is 2.40. The first kappa shape index (κ1) is 13.3. The van der Waals surface area contributed by atoms with Crippen LogP contribution >= 0.6 is 34.5 Å². The zero-order chi connectivity index (χ0) is 13.0. The van der Waals surface area contributed by atoms with Gasteiger partial charge >= 0.3 is 0 Å². The highest BCUT2D eigenvalue weighted by atomic mass is 35.5. The van der Waals surface area contributed by atoms with E-state index < -0.39 is 0 Å². The maximum Gasteiger partial charge on any atom is 0.232 e. The first-order valence-electron chi connectivity index (χ1n) is 5.08. The number of thiazole rings is 1. The zero-order valence-corrected chi connectivity index (χ0v) is 11.5.